The molecule has 1 N–H and O–H groups in total. The fraction of sp³-hybridized carbons (Fsp3) is 0.348. The molecule has 2 atom stereocenters. The van der Waals surface area contributed by atoms with E-state index >= 15 is 0 Å². The van der Waals surface area contributed by atoms with Crippen LogP contribution in [0.1, 0.15) is 17.9 Å². The van der Waals surface area contributed by atoms with Crippen LogP contribution < -0.4 is 14.9 Å². The normalized spacial score (nSPS) is 19.4. The summed E-state index contributed by atoms with van der Waals surface area (Å²) in [5.74, 6) is 0.607. The van der Waals surface area contributed by atoms with Crippen LogP contribution in [0.5, 0.6) is 11.5 Å². The predicted octanol–water partition coefficient (Wildman–Crippen LogP) is 3.40. The number of benzene rings is 2. The standard InChI is InChI=1S/C23H24FNO5/c1-25-8-7-15(16(25)12-26)21-19(28-2)11-20(29-3)22-17(27)10-18(30-23(21)22)13-5-4-6-14(24)9-13/h4-6,9-11,15-16,26H,7-8,12H2,1-3H3. The third-order valence-corrected chi connectivity index (χ3v) is 5.90. The van der Waals surface area contributed by atoms with Gasteiger partial charge in [-0.1, -0.05) is 12.1 Å². The van der Waals surface area contributed by atoms with Crippen LogP contribution >= 0.6 is 0 Å². The lowest BCUT2D eigenvalue weighted by Crippen LogP contribution is -2.32. The first-order valence-corrected chi connectivity index (χ1v) is 9.78. The van der Waals surface area contributed by atoms with Gasteiger partial charge in [-0.05, 0) is 32.1 Å². The van der Waals surface area contributed by atoms with Crippen LogP contribution in [0.4, 0.5) is 4.39 Å². The molecule has 2 heterocycles. The van der Waals surface area contributed by atoms with E-state index in [0.717, 1.165) is 13.0 Å². The van der Waals surface area contributed by atoms with Gasteiger partial charge in [0.1, 0.15) is 34.0 Å². The maximum Gasteiger partial charge on any atom is 0.197 e. The van der Waals surface area contributed by atoms with Gasteiger partial charge in [0.25, 0.3) is 0 Å². The van der Waals surface area contributed by atoms with E-state index < -0.39 is 5.82 Å². The van der Waals surface area contributed by atoms with E-state index in [-0.39, 0.29) is 29.8 Å². The molecule has 4 rings (SSSR count). The van der Waals surface area contributed by atoms with Crippen molar-refractivity contribution >= 4 is 11.0 Å². The molecule has 1 aliphatic heterocycles. The number of likely N-dealkylation sites (tertiary alicyclic amines) is 1. The number of aliphatic hydroxyl groups is 1. The van der Waals surface area contributed by atoms with E-state index in [1.165, 1.54) is 25.3 Å². The van der Waals surface area contributed by atoms with Crippen LogP contribution in [0, 0.1) is 5.82 Å². The summed E-state index contributed by atoms with van der Waals surface area (Å²) in [7, 11) is 4.98. The molecule has 0 bridgehead atoms. The highest BCUT2D eigenvalue weighted by Gasteiger charge is 2.37. The second-order valence-electron chi connectivity index (χ2n) is 7.51. The molecule has 0 aliphatic carbocycles. The number of aliphatic hydroxyl groups excluding tert-OH is 1. The first-order valence-electron chi connectivity index (χ1n) is 9.78. The molecule has 0 saturated carbocycles. The smallest absolute Gasteiger partial charge is 0.197 e. The van der Waals surface area contributed by atoms with Crippen molar-refractivity contribution in [1.82, 2.24) is 4.90 Å². The van der Waals surface area contributed by atoms with Crippen LogP contribution in [0.3, 0.4) is 0 Å². The molecule has 0 spiro atoms. The van der Waals surface area contributed by atoms with Gasteiger partial charge >= 0.3 is 0 Å². The van der Waals surface area contributed by atoms with Crippen LogP contribution in [-0.4, -0.2) is 50.5 Å². The van der Waals surface area contributed by atoms with Crippen molar-refractivity contribution in [3.63, 3.8) is 0 Å². The Morgan fingerprint density at radius 2 is 1.97 bits per heavy atom. The van der Waals surface area contributed by atoms with Crippen molar-refractivity contribution in [1.29, 1.82) is 0 Å². The van der Waals surface area contributed by atoms with Gasteiger partial charge in [0.05, 0.1) is 20.8 Å². The third kappa shape index (κ3) is 3.34. The summed E-state index contributed by atoms with van der Waals surface area (Å²) in [5, 5.41) is 10.3. The second kappa shape index (κ2) is 8.08. The predicted molar refractivity (Wildman–Crippen MR) is 112 cm³/mol. The van der Waals surface area contributed by atoms with Gasteiger partial charge in [-0.25, -0.2) is 4.39 Å². The fourth-order valence-electron chi connectivity index (χ4n) is 4.37. The topological polar surface area (TPSA) is 72.1 Å². The van der Waals surface area contributed by atoms with E-state index in [1.807, 2.05) is 7.05 Å². The monoisotopic (exact) mass is 413 g/mol. The Labute approximate surface area is 173 Å². The van der Waals surface area contributed by atoms with E-state index in [4.69, 9.17) is 13.9 Å². The first-order chi connectivity index (χ1) is 14.5. The Morgan fingerprint density at radius 1 is 1.20 bits per heavy atom. The summed E-state index contributed by atoms with van der Waals surface area (Å²) in [5.41, 5.74) is 1.23. The molecular weight excluding hydrogens is 389 g/mol. The molecule has 7 heteroatoms. The number of halogens is 1. The van der Waals surface area contributed by atoms with Crippen molar-refractivity contribution in [2.45, 2.75) is 18.4 Å². The van der Waals surface area contributed by atoms with Gasteiger partial charge < -0.3 is 23.9 Å². The molecule has 2 unspecified atom stereocenters. The van der Waals surface area contributed by atoms with Crippen LogP contribution in [-0.2, 0) is 0 Å². The Hall–Kier alpha value is -2.90. The van der Waals surface area contributed by atoms with Crippen molar-refractivity contribution in [2.75, 3.05) is 34.4 Å². The lowest BCUT2D eigenvalue weighted by molar-refractivity contribution is 0.171. The minimum absolute atomic E-state index is 0.0360. The van der Waals surface area contributed by atoms with Crippen molar-refractivity contribution in [2.24, 2.45) is 0 Å². The van der Waals surface area contributed by atoms with Crippen molar-refractivity contribution in [3.8, 4) is 22.8 Å². The van der Waals surface area contributed by atoms with Crippen LogP contribution in [0.2, 0.25) is 0 Å². The zero-order chi connectivity index (χ0) is 21.4. The number of methoxy groups -OCH3 is 2. The molecule has 1 aliphatic rings. The lowest BCUT2D eigenvalue weighted by Gasteiger charge is -2.25. The molecular formula is C23H24FNO5. The number of hydrogen-bond acceptors (Lipinski definition) is 6. The SMILES string of the molecule is COc1cc(OC)c2c(=O)cc(-c3cccc(F)c3)oc2c1C1CCN(C)C1CO. The third-order valence-electron chi connectivity index (χ3n) is 5.90. The number of nitrogens with zero attached hydrogens (tertiary/aromatic N) is 1. The summed E-state index contributed by atoms with van der Waals surface area (Å²) in [6, 6.07) is 8.79. The number of ether oxygens (including phenoxy) is 2. The molecule has 158 valence electrons. The summed E-state index contributed by atoms with van der Waals surface area (Å²) in [6.07, 6.45) is 0.771. The minimum atomic E-state index is -0.420. The highest BCUT2D eigenvalue weighted by molar-refractivity contribution is 5.90. The molecule has 0 radical (unpaired) electrons. The van der Waals surface area contributed by atoms with Gasteiger partial charge in [-0.3, -0.25) is 4.79 Å². The van der Waals surface area contributed by atoms with Gasteiger partial charge in [0.2, 0.25) is 0 Å². The molecule has 1 fully saturated rings. The average molecular weight is 413 g/mol. The Balaban J connectivity index is 2.05. The Morgan fingerprint density at radius 3 is 2.63 bits per heavy atom. The Kier molecular flexibility index (Phi) is 5.49. The number of hydrogen-bond donors (Lipinski definition) is 1. The molecule has 30 heavy (non-hydrogen) atoms. The van der Waals surface area contributed by atoms with E-state index in [0.29, 0.717) is 33.6 Å². The zero-order valence-electron chi connectivity index (χ0n) is 17.1. The molecule has 1 aromatic heterocycles. The molecule has 0 amide bonds. The quantitative estimate of drug-likeness (QED) is 0.691. The average Bonchev–Trinajstić information content (AvgIpc) is 3.12. The summed E-state index contributed by atoms with van der Waals surface area (Å²) >= 11 is 0. The summed E-state index contributed by atoms with van der Waals surface area (Å²) in [4.78, 5) is 15.2. The number of likely N-dealkylation sites (N-methyl/N-ethyl adjacent to an activating group) is 1. The van der Waals surface area contributed by atoms with Gasteiger partial charge in [-0.15, -0.1) is 0 Å². The van der Waals surface area contributed by atoms with E-state index in [2.05, 4.69) is 4.90 Å². The summed E-state index contributed by atoms with van der Waals surface area (Å²) in [6.45, 7) is 0.756. The van der Waals surface area contributed by atoms with Crippen molar-refractivity contribution in [3.05, 3.63) is 58.0 Å². The highest BCUT2D eigenvalue weighted by atomic mass is 19.1. The van der Waals surface area contributed by atoms with Crippen LogP contribution in [0.15, 0.2) is 45.6 Å². The first kappa shape index (κ1) is 20.4. The zero-order valence-corrected chi connectivity index (χ0v) is 17.1. The maximum atomic E-state index is 13.8. The fourth-order valence-corrected chi connectivity index (χ4v) is 4.37. The maximum absolute atomic E-state index is 13.8. The Bertz CT molecular complexity index is 1140. The largest absolute Gasteiger partial charge is 0.496 e. The van der Waals surface area contributed by atoms with Gasteiger partial charge in [0.15, 0.2) is 5.43 Å². The van der Waals surface area contributed by atoms with E-state index in [9.17, 15) is 14.3 Å². The van der Waals surface area contributed by atoms with Gasteiger partial charge in [-0.2, -0.15) is 0 Å². The van der Waals surface area contributed by atoms with Crippen molar-refractivity contribution < 1.29 is 23.4 Å². The van der Waals surface area contributed by atoms with Crippen LogP contribution in [0.25, 0.3) is 22.3 Å². The second-order valence-corrected chi connectivity index (χ2v) is 7.51. The lowest BCUT2D eigenvalue weighted by atomic mass is 9.89. The molecule has 3 aromatic rings. The molecule has 1 saturated heterocycles. The minimum Gasteiger partial charge on any atom is -0.496 e. The summed E-state index contributed by atoms with van der Waals surface area (Å²) < 4.78 is 31.1. The molecule has 6 nitrogen and oxygen atoms in total. The highest BCUT2D eigenvalue weighted by Crippen LogP contribution is 2.44. The molecule has 2 aromatic carbocycles. The van der Waals surface area contributed by atoms with Gasteiger partial charge in [0, 0.05) is 35.2 Å². The van der Waals surface area contributed by atoms with E-state index in [1.54, 1.807) is 25.3 Å². The number of fused-ring (bicyclic) bond motifs is 1. The number of rotatable bonds is 5.